The number of carboxylic acids is 1. The van der Waals surface area contributed by atoms with E-state index < -0.39 is 27.8 Å². The molecule has 21 heavy (non-hydrogen) atoms. The van der Waals surface area contributed by atoms with E-state index in [9.17, 15) is 13.2 Å². The van der Waals surface area contributed by atoms with Crippen LogP contribution in [-0.4, -0.2) is 37.5 Å². The molecule has 0 aliphatic carbocycles. The molecule has 114 valence electrons. The van der Waals surface area contributed by atoms with Crippen molar-refractivity contribution in [2.45, 2.75) is 18.2 Å². The number of hydrogen-bond acceptors (Lipinski definition) is 5. The van der Waals surface area contributed by atoms with Gasteiger partial charge in [0.15, 0.2) is 0 Å². The number of rotatable bonds is 8. The molecule has 0 aliphatic rings. The number of hydrogen-bond donors (Lipinski definition) is 2. The second-order valence-electron chi connectivity index (χ2n) is 4.32. The third-order valence-corrected chi connectivity index (χ3v) is 4.69. The highest BCUT2D eigenvalue weighted by molar-refractivity contribution is 7.98. The van der Waals surface area contributed by atoms with Crippen LogP contribution < -0.4 is 4.72 Å². The Morgan fingerprint density at radius 3 is 2.71 bits per heavy atom. The van der Waals surface area contributed by atoms with Gasteiger partial charge in [-0.2, -0.15) is 17.0 Å². The number of nitrogens with one attached hydrogen (secondary N) is 1. The molecule has 1 atom stereocenters. The summed E-state index contributed by atoms with van der Waals surface area (Å²) in [5.74, 6) is -1.09. The van der Waals surface area contributed by atoms with Crippen LogP contribution in [0.1, 0.15) is 17.5 Å². The van der Waals surface area contributed by atoms with Crippen LogP contribution in [0.4, 0.5) is 0 Å². The van der Waals surface area contributed by atoms with Crippen molar-refractivity contribution in [2.75, 3.05) is 12.0 Å². The number of aliphatic carboxylic acids is 1. The lowest BCUT2D eigenvalue weighted by molar-refractivity contribution is -0.139. The second-order valence-corrected chi connectivity index (χ2v) is 7.06. The molecular weight excluding hydrogens is 312 g/mol. The topological polar surface area (TPSA) is 107 Å². The molecule has 0 fully saturated rings. The maximum atomic E-state index is 12.1. The Kier molecular flexibility index (Phi) is 6.68. The van der Waals surface area contributed by atoms with Crippen LogP contribution in [-0.2, 0) is 20.6 Å². The lowest BCUT2D eigenvalue weighted by Gasteiger charge is -2.14. The van der Waals surface area contributed by atoms with Crippen LogP contribution in [0.5, 0.6) is 0 Å². The summed E-state index contributed by atoms with van der Waals surface area (Å²) in [6.07, 6.45) is 2.02. The molecule has 1 aromatic carbocycles. The minimum absolute atomic E-state index is 0.204. The van der Waals surface area contributed by atoms with Crippen molar-refractivity contribution in [1.82, 2.24) is 4.72 Å². The number of thioether (sulfide) groups is 1. The van der Waals surface area contributed by atoms with Crippen LogP contribution >= 0.6 is 11.8 Å². The normalized spacial score (nSPS) is 12.6. The first-order valence-corrected chi connectivity index (χ1v) is 9.14. The second kappa shape index (κ2) is 8.02. The molecule has 2 N–H and O–H groups in total. The molecule has 0 aromatic heterocycles. The maximum Gasteiger partial charge on any atom is 0.321 e. The van der Waals surface area contributed by atoms with Crippen LogP contribution in [0.3, 0.4) is 0 Å². The fourth-order valence-corrected chi connectivity index (χ4v) is 3.55. The Balaban J connectivity index is 2.86. The van der Waals surface area contributed by atoms with Crippen molar-refractivity contribution in [3.63, 3.8) is 0 Å². The first-order chi connectivity index (χ1) is 9.89. The van der Waals surface area contributed by atoms with E-state index in [-0.39, 0.29) is 12.0 Å². The lowest BCUT2D eigenvalue weighted by atomic mass is 10.1. The van der Waals surface area contributed by atoms with Gasteiger partial charge < -0.3 is 5.11 Å². The summed E-state index contributed by atoms with van der Waals surface area (Å²) in [6.45, 7) is 0. The van der Waals surface area contributed by atoms with Gasteiger partial charge in [0.25, 0.3) is 0 Å². The zero-order valence-corrected chi connectivity index (χ0v) is 13.1. The number of benzene rings is 1. The summed E-state index contributed by atoms with van der Waals surface area (Å²) in [5.41, 5.74) is 0.611. The monoisotopic (exact) mass is 328 g/mol. The molecule has 0 bridgehead atoms. The molecule has 0 saturated heterocycles. The summed E-state index contributed by atoms with van der Waals surface area (Å²) in [7, 11) is -3.83. The minimum Gasteiger partial charge on any atom is -0.480 e. The van der Waals surface area contributed by atoms with E-state index in [0.717, 1.165) is 0 Å². The van der Waals surface area contributed by atoms with Crippen molar-refractivity contribution >= 4 is 27.8 Å². The van der Waals surface area contributed by atoms with Crippen LogP contribution in [0.25, 0.3) is 0 Å². The summed E-state index contributed by atoms with van der Waals surface area (Å²) in [4.78, 5) is 11.1. The molecule has 1 unspecified atom stereocenters. The smallest absolute Gasteiger partial charge is 0.321 e. The van der Waals surface area contributed by atoms with Gasteiger partial charge in [-0.15, -0.1) is 0 Å². The molecule has 6 nitrogen and oxygen atoms in total. The Morgan fingerprint density at radius 2 is 2.14 bits per heavy atom. The van der Waals surface area contributed by atoms with Crippen molar-refractivity contribution in [1.29, 1.82) is 5.26 Å². The van der Waals surface area contributed by atoms with Gasteiger partial charge in [-0.1, -0.05) is 18.2 Å². The molecule has 1 rings (SSSR count). The molecule has 0 amide bonds. The van der Waals surface area contributed by atoms with Gasteiger partial charge in [-0.05, 0) is 30.1 Å². The molecule has 0 aliphatic heterocycles. The number of nitriles is 1. The summed E-state index contributed by atoms with van der Waals surface area (Å²) in [5, 5.41) is 18.0. The van der Waals surface area contributed by atoms with E-state index in [1.54, 1.807) is 12.1 Å². The van der Waals surface area contributed by atoms with E-state index in [0.29, 0.717) is 11.3 Å². The van der Waals surface area contributed by atoms with Crippen molar-refractivity contribution < 1.29 is 18.3 Å². The number of sulfonamides is 1. The standard InChI is InChI=1S/C13H16N2O4S2/c1-20-7-6-12(13(16)17)15-21(18,19)9-11-5-3-2-4-10(11)8-14/h2-5,12,15H,6-7,9H2,1H3,(H,16,17). The van der Waals surface area contributed by atoms with Gasteiger partial charge in [0.2, 0.25) is 10.0 Å². The van der Waals surface area contributed by atoms with Crippen molar-refractivity contribution in [3.05, 3.63) is 35.4 Å². The van der Waals surface area contributed by atoms with E-state index in [1.807, 2.05) is 12.3 Å². The van der Waals surface area contributed by atoms with E-state index in [2.05, 4.69) is 4.72 Å². The summed E-state index contributed by atoms with van der Waals surface area (Å²) in [6, 6.07) is 7.09. The number of nitrogens with zero attached hydrogens (tertiary/aromatic N) is 1. The largest absolute Gasteiger partial charge is 0.480 e. The zero-order valence-electron chi connectivity index (χ0n) is 11.4. The Bertz CT molecular complexity index is 638. The Morgan fingerprint density at radius 1 is 1.48 bits per heavy atom. The van der Waals surface area contributed by atoms with Gasteiger partial charge in [0, 0.05) is 0 Å². The highest BCUT2D eigenvalue weighted by Gasteiger charge is 2.24. The fourth-order valence-electron chi connectivity index (χ4n) is 1.69. The predicted molar refractivity (Wildman–Crippen MR) is 81.3 cm³/mol. The first kappa shape index (κ1) is 17.5. The van der Waals surface area contributed by atoms with Crippen LogP contribution in [0, 0.1) is 11.3 Å². The quantitative estimate of drug-likeness (QED) is 0.742. The third-order valence-electron chi connectivity index (χ3n) is 2.71. The first-order valence-electron chi connectivity index (χ1n) is 6.09. The Labute approximate surface area is 128 Å². The van der Waals surface area contributed by atoms with E-state index >= 15 is 0 Å². The minimum atomic E-state index is -3.83. The molecule has 8 heteroatoms. The van der Waals surface area contributed by atoms with Gasteiger partial charge in [-0.25, -0.2) is 13.1 Å². The van der Waals surface area contributed by atoms with Gasteiger partial charge in [-0.3, -0.25) is 4.79 Å². The van der Waals surface area contributed by atoms with Gasteiger partial charge in [0.1, 0.15) is 6.04 Å². The molecule has 0 spiro atoms. The predicted octanol–water partition coefficient (Wildman–Crippen LogP) is 1.18. The average molecular weight is 328 g/mol. The molecule has 0 heterocycles. The number of carbonyl (C=O) groups is 1. The molecule has 0 saturated carbocycles. The zero-order chi connectivity index (χ0) is 15.9. The number of carboxylic acid groups (broad SMARTS) is 1. The highest BCUT2D eigenvalue weighted by Crippen LogP contribution is 2.12. The van der Waals surface area contributed by atoms with Gasteiger partial charge >= 0.3 is 5.97 Å². The van der Waals surface area contributed by atoms with E-state index in [4.69, 9.17) is 10.4 Å². The average Bonchev–Trinajstić information content (AvgIpc) is 2.43. The van der Waals surface area contributed by atoms with Crippen LogP contribution in [0.2, 0.25) is 0 Å². The summed E-state index contributed by atoms with van der Waals surface area (Å²) >= 11 is 1.44. The fraction of sp³-hybridized carbons (Fsp3) is 0.385. The van der Waals surface area contributed by atoms with Crippen molar-refractivity contribution in [2.24, 2.45) is 0 Å². The summed E-state index contributed by atoms with van der Waals surface area (Å²) < 4.78 is 26.3. The van der Waals surface area contributed by atoms with Crippen molar-refractivity contribution in [3.8, 4) is 6.07 Å². The lowest BCUT2D eigenvalue weighted by Crippen LogP contribution is -2.41. The van der Waals surface area contributed by atoms with Crippen LogP contribution in [0.15, 0.2) is 24.3 Å². The maximum absolute atomic E-state index is 12.1. The van der Waals surface area contributed by atoms with E-state index in [1.165, 1.54) is 23.9 Å². The molecular formula is C13H16N2O4S2. The SMILES string of the molecule is CSCCC(NS(=O)(=O)Cc1ccccc1C#N)C(=O)O. The molecule has 1 aromatic rings. The Hall–Kier alpha value is -1.56. The van der Waals surface area contributed by atoms with Gasteiger partial charge in [0.05, 0.1) is 17.4 Å². The third kappa shape index (κ3) is 5.75. The highest BCUT2D eigenvalue weighted by atomic mass is 32.2. The molecule has 0 radical (unpaired) electrons.